The summed E-state index contributed by atoms with van der Waals surface area (Å²) in [5, 5.41) is 2.72. The number of amides is 2. The van der Waals surface area contributed by atoms with Crippen LogP contribution in [-0.4, -0.2) is 49.1 Å². The van der Waals surface area contributed by atoms with Crippen molar-refractivity contribution in [3.8, 4) is 5.75 Å². The molecular weight excluding hydrogens is 351 g/mol. The second kappa shape index (κ2) is 8.64. The van der Waals surface area contributed by atoms with Crippen LogP contribution in [0.25, 0.3) is 0 Å². The summed E-state index contributed by atoms with van der Waals surface area (Å²) in [4.78, 5) is 26.4. The zero-order valence-corrected chi connectivity index (χ0v) is 15.0. The van der Waals surface area contributed by atoms with Crippen LogP contribution in [0.3, 0.4) is 0 Å². The number of ether oxygens (including phenoxy) is 2. The van der Waals surface area contributed by atoms with Crippen LogP contribution in [0.5, 0.6) is 5.75 Å². The van der Waals surface area contributed by atoms with Gasteiger partial charge in [-0.1, -0.05) is 6.07 Å². The standard InChI is InChI=1S/C20H21FN2O4/c1-14(27-18-4-2-3-16(21)13-18)19(24)22-17-7-5-15(6-8-17)20(25)23-9-11-26-12-10-23/h2-8,13-14H,9-12H2,1H3,(H,22,24). The molecule has 2 amide bonds. The molecule has 0 saturated carbocycles. The number of anilines is 1. The second-order valence-electron chi connectivity index (χ2n) is 6.19. The molecule has 3 rings (SSSR count). The predicted octanol–water partition coefficient (Wildman–Crippen LogP) is 2.70. The SMILES string of the molecule is CC(Oc1cccc(F)c1)C(=O)Nc1ccc(C(=O)N2CCOCC2)cc1. The molecule has 1 heterocycles. The van der Waals surface area contributed by atoms with Crippen molar-refractivity contribution in [1.29, 1.82) is 0 Å². The van der Waals surface area contributed by atoms with Crippen LogP contribution in [-0.2, 0) is 9.53 Å². The van der Waals surface area contributed by atoms with E-state index in [9.17, 15) is 14.0 Å². The minimum Gasteiger partial charge on any atom is -0.481 e. The lowest BCUT2D eigenvalue weighted by molar-refractivity contribution is -0.122. The van der Waals surface area contributed by atoms with Crippen molar-refractivity contribution in [2.24, 2.45) is 0 Å². The molecule has 0 radical (unpaired) electrons. The van der Waals surface area contributed by atoms with E-state index in [2.05, 4.69) is 5.32 Å². The zero-order valence-electron chi connectivity index (χ0n) is 15.0. The van der Waals surface area contributed by atoms with Gasteiger partial charge in [-0.25, -0.2) is 4.39 Å². The highest BCUT2D eigenvalue weighted by molar-refractivity contribution is 5.96. The van der Waals surface area contributed by atoms with E-state index in [0.29, 0.717) is 37.6 Å². The highest BCUT2D eigenvalue weighted by Crippen LogP contribution is 2.16. The number of carbonyl (C=O) groups excluding carboxylic acids is 2. The monoisotopic (exact) mass is 372 g/mol. The minimum atomic E-state index is -0.804. The third kappa shape index (κ3) is 5.04. The molecule has 1 aliphatic heterocycles. The largest absolute Gasteiger partial charge is 0.481 e. The summed E-state index contributed by atoms with van der Waals surface area (Å²) in [6, 6.07) is 12.3. The Morgan fingerprint density at radius 1 is 1.15 bits per heavy atom. The molecular formula is C20H21FN2O4. The first-order valence-electron chi connectivity index (χ1n) is 8.73. The van der Waals surface area contributed by atoms with E-state index >= 15 is 0 Å². The van der Waals surface area contributed by atoms with Crippen molar-refractivity contribution < 1.29 is 23.5 Å². The van der Waals surface area contributed by atoms with Crippen LogP contribution in [0.1, 0.15) is 17.3 Å². The van der Waals surface area contributed by atoms with Crippen molar-refractivity contribution >= 4 is 17.5 Å². The second-order valence-corrected chi connectivity index (χ2v) is 6.19. The van der Waals surface area contributed by atoms with Crippen molar-refractivity contribution in [2.45, 2.75) is 13.0 Å². The number of nitrogens with one attached hydrogen (secondary N) is 1. The highest BCUT2D eigenvalue weighted by atomic mass is 19.1. The quantitative estimate of drug-likeness (QED) is 0.876. The highest BCUT2D eigenvalue weighted by Gasteiger charge is 2.19. The number of rotatable bonds is 5. The molecule has 2 aromatic carbocycles. The predicted molar refractivity (Wildman–Crippen MR) is 98.3 cm³/mol. The molecule has 1 fully saturated rings. The fourth-order valence-electron chi connectivity index (χ4n) is 2.69. The molecule has 6 nitrogen and oxygen atoms in total. The Labute approximate surface area is 156 Å². The van der Waals surface area contributed by atoms with E-state index in [4.69, 9.17) is 9.47 Å². The van der Waals surface area contributed by atoms with Crippen LogP contribution in [0.2, 0.25) is 0 Å². The van der Waals surface area contributed by atoms with Gasteiger partial charge in [0.05, 0.1) is 13.2 Å². The molecule has 0 aromatic heterocycles. The molecule has 1 saturated heterocycles. The Kier molecular flexibility index (Phi) is 6.03. The maximum absolute atomic E-state index is 13.2. The Morgan fingerprint density at radius 3 is 2.52 bits per heavy atom. The Morgan fingerprint density at radius 2 is 1.85 bits per heavy atom. The van der Waals surface area contributed by atoms with E-state index in [1.54, 1.807) is 42.2 Å². The number of nitrogens with zero attached hydrogens (tertiary/aromatic N) is 1. The molecule has 2 aromatic rings. The molecule has 1 atom stereocenters. The molecule has 142 valence electrons. The molecule has 0 bridgehead atoms. The maximum Gasteiger partial charge on any atom is 0.265 e. The lowest BCUT2D eigenvalue weighted by Gasteiger charge is -2.26. The van der Waals surface area contributed by atoms with Gasteiger partial charge in [0.25, 0.3) is 11.8 Å². The first-order valence-corrected chi connectivity index (χ1v) is 8.73. The van der Waals surface area contributed by atoms with Gasteiger partial charge in [-0.2, -0.15) is 0 Å². The normalized spacial score (nSPS) is 15.1. The van der Waals surface area contributed by atoms with E-state index in [-0.39, 0.29) is 17.6 Å². The lowest BCUT2D eigenvalue weighted by atomic mass is 10.1. The van der Waals surface area contributed by atoms with Gasteiger partial charge in [0, 0.05) is 30.4 Å². The van der Waals surface area contributed by atoms with Gasteiger partial charge in [0.1, 0.15) is 11.6 Å². The van der Waals surface area contributed by atoms with Gasteiger partial charge >= 0.3 is 0 Å². The molecule has 1 aliphatic rings. The minimum absolute atomic E-state index is 0.0565. The van der Waals surface area contributed by atoms with Gasteiger partial charge < -0.3 is 19.7 Å². The third-order valence-corrected chi connectivity index (χ3v) is 4.18. The van der Waals surface area contributed by atoms with Crippen molar-refractivity contribution in [3.05, 3.63) is 59.9 Å². The summed E-state index contributed by atoms with van der Waals surface area (Å²) >= 11 is 0. The van der Waals surface area contributed by atoms with Gasteiger partial charge in [0.2, 0.25) is 0 Å². The molecule has 1 N–H and O–H groups in total. The first-order chi connectivity index (χ1) is 13.0. The topological polar surface area (TPSA) is 67.9 Å². The third-order valence-electron chi connectivity index (χ3n) is 4.18. The number of halogens is 1. The average molecular weight is 372 g/mol. The summed E-state index contributed by atoms with van der Waals surface area (Å²) in [7, 11) is 0. The Balaban J connectivity index is 1.57. The zero-order chi connectivity index (χ0) is 19.2. The fraction of sp³-hybridized carbons (Fsp3) is 0.300. The van der Waals surface area contributed by atoms with Gasteiger partial charge in [-0.15, -0.1) is 0 Å². The van der Waals surface area contributed by atoms with Crippen molar-refractivity contribution in [3.63, 3.8) is 0 Å². The Hall–Kier alpha value is -2.93. The van der Waals surface area contributed by atoms with E-state index in [1.807, 2.05) is 0 Å². The summed E-state index contributed by atoms with van der Waals surface area (Å²) < 4.78 is 23.9. The van der Waals surface area contributed by atoms with Gasteiger partial charge in [-0.3, -0.25) is 9.59 Å². The van der Waals surface area contributed by atoms with Crippen LogP contribution in [0.15, 0.2) is 48.5 Å². The number of morpholine rings is 1. The van der Waals surface area contributed by atoms with Crippen molar-refractivity contribution in [1.82, 2.24) is 4.90 Å². The molecule has 0 spiro atoms. The number of carbonyl (C=O) groups is 2. The smallest absolute Gasteiger partial charge is 0.265 e. The first kappa shape index (κ1) is 18.8. The van der Waals surface area contributed by atoms with E-state index in [1.165, 1.54) is 18.2 Å². The lowest BCUT2D eigenvalue weighted by Crippen LogP contribution is -2.40. The number of hydrogen-bond acceptors (Lipinski definition) is 4. The summed E-state index contributed by atoms with van der Waals surface area (Å²) in [5.74, 6) is -0.574. The van der Waals surface area contributed by atoms with Crippen LogP contribution < -0.4 is 10.1 Å². The van der Waals surface area contributed by atoms with Crippen LogP contribution in [0, 0.1) is 5.82 Å². The van der Waals surface area contributed by atoms with Gasteiger partial charge in [-0.05, 0) is 43.3 Å². The van der Waals surface area contributed by atoms with Crippen LogP contribution in [0.4, 0.5) is 10.1 Å². The maximum atomic E-state index is 13.2. The Bertz CT molecular complexity index is 804. The van der Waals surface area contributed by atoms with Gasteiger partial charge in [0.15, 0.2) is 6.10 Å². The molecule has 1 unspecified atom stereocenters. The summed E-state index contributed by atoms with van der Waals surface area (Å²) in [6.07, 6.45) is -0.804. The number of hydrogen-bond donors (Lipinski definition) is 1. The van der Waals surface area contributed by atoms with E-state index in [0.717, 1.165) is 0 Å². The summed E-state index contributed by atoms with van der Waals surface area (Å²) in [5.41, 5.74) is 1.10. The molecule has 7 heteroatoms. The number of benzene rings is 2. The molecule has 27 heavy (non-hydrogen) atoms. The average Bonchev–Trinajstić information content (AvgIpc) is 2.68. The van der Waals surface area contributed by atoms with E-state index < -0.39 is 11.9 Å². The molecule has 0 aliphatic carbocycles. The van der Waals surface area contributed by atoms with Crippen LogP contribution >= 0.6 is 0 Å². The van der Waals surface area contributed by atoms with Crippen molar-refractivity contribution in [2.75, 3.05) is 31.6 Å². The fourth-order valence-corrected chi connectivity index (χ4v) is 2.69. The summed E-state index contributed by atoms with van der Waals surface area (Å²) in [6.45, 7) is 3.82.